The lowest BCUT2D eigenvalue weighted by Gasteiger charge is -2.34. The molecule has 35 heavy (non-hydrogen) atoms. The number of urea groups is 1. The monoisotopic (exact) mass is 497 g/mol. The molecule has 1 aliphatic rings. The summed E-state index contributed by atoms with van der Waals surface area (Å²) in [4.78, 5) is 18.5. The van der Waals surface area contributed by atoms with E-state index >= 15 is 0 Å². The molecule has 2 amide bonds. The maximum Gasteiger partial charge on any atom is 0.322 e. The molecule has 3 aromatic rings. The van der Waals surface area contributed by atoms with Crippen molar-refractivity contribution in [3.8, 4) is 5.88 Å². The first kappa shape index (κ1) is 24.6. The van der Waals surface area contributed by atoms with Gasteiger partial charge in [0.25, 0.3) is 6.43 Å². The number of halogens is 5. The smallest absolute Gasteiger partial charge is 0.322 e. The van der Waals surface area contributed by atoms with Gasteiger partial charge in [-0.15, -0.1) is 0 Å². The Morgan fingerprint density at radius 1 is 1.20 bits per heavy atom. The van der Waals surface area contributed by atoms with Gasteiger partial charge in [-0.05, 0) is 35.7 Å². The first-order valence-electron chi connectivity index (χ1n) is 10.5. The second-order valence-electron chi connectivity index (χ2n) is 7.77. The fourth-order valence-electron chi connectivity index (χ4n) is 3.88. The number of amides is 2. The highest BCUT2D eigenvalue weighted by Gasteiger charge is 2.32. The first-order chi connectivity index (χ1) is 16.7. The Balaban J connectivity index is 1.71. The minimum absolute atomic E-state index is 0.00141. The van der Waals surface area contributed by atoms with Crippen LogP contribution in [0.2, 0.25) is 0 Å². The average Bonchev–Trinajstić information content (AvgIpc) is 2.83. The van der Waals surface area contributed by atoms with E-state index in [0.29, 0.717) is 11.3 Å². The van der Waals surface area contributed by atoms with Gasteiger partial charge in [0.1, 0.15) is 12.4 Å². The lowest BCUT2D eigenvalue weighted by molar-refractivity contribution is 0.0523. The highest BCUT2D eigenvalue weighted by Crippen LogP contribution is 2.39. The maximum absolute atomic E-state index is 14.2. The summed E-state index contributed by atoms with van der Waals surface area (Å²) in [6.07, 6.45) is -3.07. The standard InChI is InChI=1S/C23H20F5N3O4/c1-31(23(33)29-11-2-3-15(24)14(6-11)21(27)28)19-10-34-9-18-20(19)12-7-16(25)17(26)8-13(12)22(30-18)35-5-4-32/h2-3,6-8,19,21,32H,4-5,9-10H2,1H3,(H,29,33). The summed E-state index contributed by atoms with van der Waals surface area (Å²) in [5.74, 6) is -3.39. The van der Waals surface area contributed by atoms with Crippen LogP contribution in [0.5, 0.6) is 5.88 Å². The third kappa shape index (κ3) is 4.84. The molecule has 0 radical (unpaired) electrons. The molecule has 0 bridgehead atoms. The number of ether oxygens (including phenoxy) is 2. The number of nitrogens with zero attached hydrogens (tertiary/aromatic N) is 2. The van der Waals surface area contributed by atoms with E-state index in [1.807, 2.05) is 0 Å². The number of pyridine rings is 1. The molecule has 186 valence electrons. The number of benzene rings is 2. The summed E-state index contributed by atoms with van der Waals surface area (Å²) in [6.45, 7) is -0.482. The van der Waals surface area contributed by atoms with Crippen molar-refractivity contribution in [1.82, 2.24) is 9.88 Å². The van der Waals surface area contributed by atoms with E-state index in [1.54, 1.807) is 0 Å². The molecular weight excluding hydrogens is 477 g/mol. The van der Waals surface area contributed by atoms with Crippen LogP contribution in [0.3, 0.4) is 0 Å². The molecule has 2 aromatic carbocycles. The zero-order valence-corrected chi connectivity index (χ0v) is 18.3. The minimum atomic E-state index is -3.07. The van der Waals surface area contributed by atoms with Crippen LogP contribution in [-0.2, 0) is 11.3 Å². The van der Waals surface area contributed by atoms with Gasteiger partial charge >= 0.3 is 6.03 Å². The molecule has 0 spiro atoms. The van der Waals surface area contributed by atoms with Gasteiger partial charge in [0.15, 0.2) is 11.6 Å². The topological polar surface area (TPSA) is 83.9 Å². The third-order valence-electron chi connectivity index (χ3n) is 5.58. The van der Waals surface area contributed by atoms with Crippen molar-refractivity contribution in [2.45, 2.75) is 19.1 Å². The molecule has 4 rings (SSSR count). The van der Waals surface area contributed by atoms with Crippen LogP contribution >= 0.6 is 0 Å². The van der Waals surface area contributed by atoms with Gasteiger partial charge in [0.05, 0.1) is 37.1 Å². The molecule has 0 saturated carbocycles. The summed E-state index contributed by atoms with van der Waals surface area (Å²) in [6, 6.07) is 3.11. The number of hydrogen-bond donors (Lipinski definition) is 2. The minimum Gasteiger partial charge on any atom is -0.475 e. The molecule has 0 saturated heterocycles. The van der Waals surface area contributed by atoms with Crippen LogP contribution in [-0.4, -0.2) is 47.9 Å². The van der Waals surface area contributed by atoms with Gasteiger partial charge in [-0.25, -0.2) is 31.7 Å². The Kier molecular flexibility index (Phi) is 7.03. The fourth-order valence-corrected chi connectivity index (χ4v) is 3.88. The molecule has 2 heterocycles. The first-order valence-corrected chi connectivity index (χ1v) is 10.5. The number of anilines is 1. The Morgan fingerprint density at radius 3 is 2.60 bits per heavy atom. The van der Waals surface area contributed by atoms with Crippen LogP contribution in [0, 0.1) is 17.5 Å². The van der Waals surface area contributed by atoms with Crippen molar-refractivity contribution in [2.75, 3.05) is 32.2 Å². The van der Waals surface area contributed by atoms with Crippen molar-refractivity contribution in [3.05, 3.63) is 64.6 Å². The maximum atomic E-state index is 14.2. The zero-order valence-electron chi connectivity index (χ0n) is 18.3. The highest BCUT2D eigenvalue weighted by atomic mass is 19.3. The number of nitrogens with one attached hydrogen (secondary N) is 1. The Labute approximate surface area is 196 Å². The second-order valence-corrected chi connectivity index (χ2v) is 7.77. The van der Waals surface area contributed by atoms with E-state index in [2.05, 4.69) is 10.3 Å². The summed E-state index contributed by atoms with van der Waals surface area (Å²) < 4.78 is 78.8. The van der Waals surface area contributed by atoms with E-state index in [4.69, 9.17) is 14.6 Å². The molecule has 1 unspecified atom stereocenters. The summed E-state index contributed by atoms with van der Waals surface area (Å²) >= 11 is 0. The summed E-state index contributed by atoms with van der Waals surface area (Å²) in [5.41, 5.74) is -0.208. The number of carbonyl (C=O) groups excluding carboxylic acids is 1. The largest absolute Gasteiger partial charge is 0.475 e. The SMILES string of the molecule is CN(C(=O)Nc1ccc(F)c(C(F)F)c1)C1COCc2nc(OCCO)c3cc(F)c(F)cc3c21. The van der Waals surface area contributed by atoms with Crippen LogP contribution in [0.1, 0.15) is 29.3 Å². The Bertz CT molecular complexity index is 1270. The van der Waals surface area contributed by atoms with Crippen LogP contribution in [0.25, 0.3) is 10.8 Å². The van der Waals surface area contributed by atoms with E-state index in [-0.39, 0.29) is 48.8 Å². The number of rotatable bonds is 6. The van der Waals surface area contributed by atoms with Crippen LogP contribution in [0.15, 0.2) is 30.3 Å². The number of alkyl halides is 2. The number of carbonyl (C=O) groups is 1. The number of aliphatic hydroxyl groups is 1. The lowest BCUT2D eigenvalue weighted by atomic mass is 9.95. The van der Waals surface area contributed by atoms with E-state index < -0.39 is 41.5 Å². The molecule has 0 aliphatic carbocycles. The lowest BCUT2D eigenvalue weighted by Crippen LogP contribution is -2.39. The number of fused-ring (bicyclic) bond motifs is 3. The van der Waals surface area contributed by atoms with Crippen molar-refractivity contribution < 1.29 is 41.3 Å². The zero-order chi connectivity index (χ0) is 25.3. The van der Waals surface area contributed by atoms with Crippen molar-refractivity contribution in [2.24, 2.45) is 0 Å². The van der Waals surface area contributed by atoms with Gasteiger partial charge < -0.3 is 24.8 Å². The molecular formula is C23H20F5N3O4. The predicted octanol–water partition coefficient (Wildman–Crippen LogP) is 4.70. The summed E-state index contributed by atoms with van der Waals surface area (Å²) in [7, 11) is 1.40. The van der Waals surface area contributed by atoms with Gasteiger partial charge in [-0.3, -0.25) is 0 Å². The predicted molar refractivity (Wildman–Crippen MR) is 115 cm³/mol. The fraction of sp³-hybridized carbons (Fsp3) is 0.304. The number of aromatic nitrogens is 1. The Morgan fingerprint density at radius 2 is 1.91 bits per heavy atom. The van der Waals surface area contributed by atoms with Crippen molar-refractivity contribution in [1.29, 1.82) is 0 Å². The van der Waals surface area contributed by atoms with E-state index in [1.165, 1.54) is 11.9 Å². The number of likely N-dealkylation sites (N-methyl/N-ethyl adjacent to an activating group) is 1. The van der Waals surface area contributed by atoms with Gasteiger partial charge in [0.2, 0.25) is 5.88 Å². The summed E-state index contributed by atoms with van der Waals surface area (Å²) in [5, 5.41) is 11.9. The van der Waals surface area contributed by atoms with Crippen LogP contribution in [0.4, 0.5) is 32.4 Å². The number of hydrogen-bond acceptors (Lipinski definition) is 5. The molecule has 2 N–H and O–H groups in total. The van der Waals surface area contributed by atoms with Crippen molar-refractivity contribution >= 4 is 22.5 Å². The van der Waals surface area contributed by atoms with Gasteiger partial charge in [-0.2, -0.15) is 0 Å². The molecule has 1 atom stereocenters. The highest BCUT2D eigenvalue weighted by molar-refractivity contribution is 5.93. The Hall–Kier alpha value is -3.51. The molecule has 1 aromatic heterocycles. The molecule has 1 aliphatic heterocycles. The number of aliphatic hydroxyl groups excluding tert-OH is 1. The van der Waals surface area contributed by atoms with Gasteiger partial charge in [-0.1, -0.05) is 0 Å². The van der Waals surface area contributed by atoms with Crippen molar-refractivity contribution in [3.63, 3.8) is 0 Å². The molecule has 7 nitrogen and oxygen atoms in total. The van der Waals surface area contributed by atoms with Crippen LogP contribution < -0.4 is 10.1 Å². The molecule has 12 heteroatoms. The van der Waals surface area contributed by atoms with E-state index in [0.717, 1.165) is 30.3 Å². The second kappa shape index (κ2) is 10.0. The quantitative estimate of drug-likeness (QED) is 0.483. The van der Waals surface area contributed by atoms with E-state index in [9.17, 15) is 26.7 Å². The normalized spacial score (nSPS) is 15.3. The molecule has 0 fully saturated rings. The average molecular weight is 497 g/mol. The van der Waals surface area contributed by atoms with Gasteiger partial charge in [0, 0.05) is 23.7 Å². The third-order valence-corrected chi connectivity index (χ3v) is 5.58.